The normalized spacial score (nSPS) is 10.9. The fraction of sp³-hybridized carbons (Fsp3) is 0.385. The molecule has 1 aromatic heterocycles. The lowest BCUT2D eigenvalue weighted by molar-refractivity contribution is 0.675. The minimum atomic E-state index is 0.837. The molecule has 1 N–H and O–H groups in total. The van der Waals surface area contributed by atoms with Crippen molar-refractivity contribution < 1.29 is 0 Å². The summed E-state index contributed by atoms with van der Waals surface area (Å²) in [6, 6.07) is 6.46. The third-order valence-corrected chi connectivity index (χ3v) is 5.30. The highest BCUT2D eigenvalue weighted by Gasteiger charge is 2.07. The average Bonchev–Trinajstić information content (AvgIpc) is 2.79. The minimum Gasteiger partial charge on any atom is -0.313 e. The molecule has 0 amide bonds. The van der Waals surface area contributed by atoms with Crippen LogP contribution in [0.5, 0.6) is 0 Å². The molecule has 0 saturated heterocycles. The molecule has 3 nitrogen and oxygen atoms in total. The van der Waals surface area contributed by atoms with Crippen molar-refractivity contribution in [3.63, 3.8) is 0 Å². The Morgan fingerprint density at radius 3 is 2.89 bits per heavy atom. The molecular formula is C13H16BrN3S2. The van der Waals surface area contributed by atoms with Gasteiger partial charge in [-0.05, 0) is 65.0 Å². The van der Waals surface area contributed by atoms with E-state index >= 15 is 0 Å². The van der Waals surface area contributed by atoms with Gasteiger partial charge < -0.3 is 5.32 Å². The van der Waals surface area contributed by atoms with Gasteiger partial charge in [0.1, 0.15) is 5.82 Å². The van der Waals surface area contributed by atoms with Gasteiger partial charge in [0, 0.05) is 15.9 Å². The molecule has 0 aliphatic rings. The van der Waals surface area contributed by atoms with Crippen molar-refractivity contribution in [2.24, 2.45) is 0 Å². The first kappa shape index (κ1) is 15.0. The van der Waals surface area contributed by atoms with E-state index in [2.05, 4.69) is 55.7 Å². The van der Waals surface area contributed by atoms with Gasteiger partial charge in [-0.1, -0.05) is 24.8 Å². The topological polar surface area (TPSA) is 37.8 Å². The number of hydrogen-bond acceptors (Lipinski definition) is 5. The predicted octanol–water partition coefficient (Wildman–Crippen LogP) is 4.26. The van der Waals surface area contributed by atoms with Gasteiger partial charge in [0.25, 0.3) is 0 Å². The van der Waals surface area contributed by atoms with Crippen LogP contribution in [0, 0.1) is 6.92 Å². The monoisotopic (exact) mass is 357 g/mol. The highest BCUT2D eigenvalue weighted by Crippen LogP contribution is 2.34. The molecule has 0 fully saturated rings. The first-order valence-electron chi connectivity index (χ1n) is 6.16. The molecule has 0 bridgehead atoms. The van der Waals surface area contributed by atoms with E-state index in [-0.39, 0.29) is 0 Å². The van der Waals surface area contributed by atoms with E-state index in [4.69, 9.17) is 0 Å². The van der Waals surface area contributed by atoms with Crippen LogP contribution < -0.4 is 5.32 Å². The Balaban J connectivity index is 2.02. The molecule has 0 aliphatic heterocycles. The Bertz CT molecular complexity index is 542. The van der Waals surface area contributed by atoms with Gasteiger partial charge in [0.2, 0.25) is 0 Å². The van der Waals surface area contributed by atoms with Gasteiger partial charge in [0.05, 0.1) is 0 Å². The fourth-order valence-corrected chi connectivity index (χ4v) is 3.84. The second kappa shape index (κ2) is 7.38. The number of aromatic nitrogens is 2. The van der Waals surface area contributed by atoms with Gasteiger partial charge in [-0.3, -0.25) is 0 Å². The van der Waals surface area contributed by atoms with E-state index in [1.54, 1.807) is 11.8 Å². The van der Waals surface area contributed by atoms with Crippen LogP contribution in [0.25, 0.3) is 0 Å². The summed E-state index contributed by atoms with van der Waals surface area (Å²) in [6.07, 6.45) is 1.16. The Labute approximate surface area is 130 Å². The predicted molar refractivity (Wildman–Crippen MR) is 84.9 cm³/mol. The molecule has 0 aliphatic carbocycles. The summed E-state index contributed by atoms with van der Waals surface area (Å²) in [4.78, 5) is 5.54. The molecular weight excluding hydrogens is 342 g/mol. The lowest BCUT2D eigenvalue weighted by atomic mass is 10.2. The molecule has 102 valence electrons. The van der Waals surface area contributed by atoms with Crippen LogP contribution in [0.2, 0.25) is 0 Å². The molecule has 0 radical (unpaired) electrons. The minimum absolute atomic E-state index is 0.837. The largest absolute Gasteiger partial charge is 0.313 e. The zero-order valence-corrected chi connectivity index (χ0v) is 14.2. The molecule has 19 heavy (non-hydrogen) atoms. The van der Waals surface area contributed by atoms with Crippen LogP contribution in [0.3, 0.4) is 0 Å². The maximum absolute atomic E-state index is 4.37. The summed E-state index contributed by atoms with van der Waals surface area (Å²) in [7, 11) is 0. The first-order chi connectivity index (χ1) is 9.19. The van der Waals surface area contributed by atoms with Crippen molar-refractivity contribution >= 4 is 39.2 Å². The second-order valence-electron chi connectivity index (χ2n) is 4.15. The summed E-state index contributed by atoms with van der Waals surface area (Å²) in [5.74, 6) is 0.837. The Morgan fingerprint density at radius 2 is 2.26 bits per heavy atom. The highest BCUT2D eigenvalue weighted by atomic mass is 79.9. The zero-order valence-electron chi connectivity index (χ0n) is 10.9. The third-order valence-electron chi connectivity index (χ3n) is 2.46. The Morgan fingerprint density at radius 1 is 1.42 bits per heavy atom. The number of aryl methyl sites for hydroxylation is 1. The summed E-state index contributed by atoms with van der Waals surface area (Å²) in [5.41, 5.74) is 1.29. The number of nitrogens with zero attached hydrogens (tertiary/aromatic N) is 2. The van der Waals surface area contributed by atoms with Crippen LogP contribution in [-0.2, 0) is 6.54 Å². The first-order valence-corrected chi connectivity index (χ1v) is 8.54. The molecule has 1 heterocycles. The van der Waals surface area contributed by atoms with Crippen LogP contribution in [0.4, 0.5) is 0 Å². The smallest absolute Gasteiger partial charge is 0.174 e. The molecule has 6 heteroatoms. The molecule has 0 unspecified atom stereocenters. The van der Waals surface area contributed by atoms with Crippen molar-refractivity contribution in [2.75, 3.05) is 6.54 Å². The summed E-state index contributed by atoms with van der Waals surface area (Å²) >= 11 is 6.72. The third kappa shape index (κ3) is 4.56. The van der Waals surface area contributed by atoms with E-state index in [0.29, 0.717) is 0 Å². The Hall–Kier alpha value is -0.430. The van der Waals surface area contributed by atoms with E-state index in [0.717, 1.165) is 34.1 Å². The molecule has 0 saturated carbocycles. The van der Waals surface area contributed by atoms with Crippen LogP contribution >= 0.6 is 39.2 Å². The van der Waals surface area contributed by atoms with Crippen LogP contribution in [-0.4, -0.2) is 15.9 Å². The van der Waals surface area contributed by atoms with E-state index in [9.17, 15) is 0 Å². The molecule has 2 rings (SSSR count). The SMILES string of the molecule is CCCNCc1ccc(Sc2nc(C)ns2)c(Br)c1. The fourth-order valence-electron chi connectivity index (χ4n) is 1.56. The number of hydrogen-bond donors (Lipinski definition) is 1. The maximum atomic E-state index is 4.37. The number of halogens is 1. The average molecular weight is 358 g/mol. The van der Waals surface area contributed by atoms with Gasteiger partial charge in [-0.15, -0.1) is 0 Å². The van der Waals surface area contributed by atoms with Crippen molar-refractivity contribution in [3.8, 4) is 0 Å². The number of rotatable bonds is 6. The van der Waals surface area contributed by atoms with Gasteiger partial charge in [-0.25, -0.2) is 4.98 Å². The van der Waals surface area contributed by atoms with Crippen molar-refractivity contribution in [1.82, 2.24) is 14.7 Å². The van der Waals surface area contributed by atoms with Gasteiger partial charge in [-0.2, -0.15) is 4.37 Å². The molecule has 1 aromatic carbocycles. The lowest BCUT2D eigenvalue weighted by Crippen LogP contribution is -2.13. The van der Waals surface area contributed by atoms with E-state index < -0.39 is 0 Å². The van der Waals surface area contributed by atoms with E-state index in [1.165, 1.54) is 22.0 Å². The highest BCUT2D eigenvalue weighted by molar-refractivity contribution is 9.10. The standard InChI is InChI=1S/C13H16BrN3S2/c1-3-6-15-8-10-4-5-12(11(14)7-10)18-13-16-9(2)17-19-13/h4-5,7,15H,3,6,8H2,1-2H3. The van der Waals surface area contributed by atoms with Crippen LogP contribution in [0.15, 0.2) is 31.9 Å². The quantitative estimate of drug-likeness (QED) is 0.783. The number of nitrogens with one attached hydrogen (secondary N) is 1. The van der Waals surface area contributed by atoms with Crippen molar-refractivity contribution in [3.05, 3.63) is 34.1 Å². The van der Waals surface area contributed by atoms with E-state index in [1.807, 2.05) is 6.92 Å². The molecule has 0 atom stereocenters. The van der Waals surface area contributed by atoms with Gasteiger partial charge >= 0.3 is 0 Å². The molecule has 0 spiro atoms. The maximum Gasteiger partial charge on any atom is 0.174 e. The van der Waals surface area contributed by atoms with Crippen LogP contribution in [0.1, 0.15) is 24.7 Å². The lowest BCUT2D eigenvalue weighted by Gasteiger charge is -2.06. The van der Waals surface area contributed by atoms with Crippen molar-refractivity contribution in [1.29, 1.82) is 0 Å². The summed E-state index contributed by atoms with van der Waals surface area (Å²) < 4.78 is 6.29. The molecule has 2 aromatic rings. The van der Waals surface area contributed by atoms with Crippen molar-refractivity contribution in [2.45, 2.75) is 36.0 Å². The summed E-state index contributed by atoms with van der Waals surface area (Å²) in [6.45, 7) is 6.05. The zero-order chi connectivity index (χ0) is 13.7. The Kier molecular flexibility index (Phi) is 5.81. The van der Waals surface area contributed by atoms with Gasteiger partial charge in [0.15, 0.2) is 4.34 Å². The number of benzene rings is 1. The second-order valence-corrected chi connectivity index (χ2v) is 7.05. The summed E-state index contributed by atoms with van der Waals surface area (Å²) in [5, 5.41) is 3.40.